The third kappa shape index (κ3) is 4.08. The molecule has 34 heavy (non-hydrogen) atoms. The molecule has 0 atom stereocenters. The Bertz CT molecular complexity index is 1120. The molecular weight excluding hydrogens is 511 g/mol. The number of fused-ring (bicyclic) bond motifs is 6. The first kappa shape index (κ1) is 24.9. The van der Waals surface area contributed by atoms with Crippen molar-refractivity contribution in [3.63, 3.8) is 0 Å². The van der Waals surface area contributed by atoms with Gasteiger partial charge in [-0.05, 0) is 56.8 Å². The number of halogens is 1. The van der Waals surface area contributed by atoms with Crippen LogP contribution in [0.5, 0.6) is 0 Å². The first-order chi connectivity index (χ1) is 16.4. The summed E-state index contributed by atoms with van der Waals surface area (Å²) in [6, 6.07) is 36.1. The summed E-state index contributed by atoms with van der Waals surface area (Å²) in [4.78, 5) is 0. The van der Waals surface area contributed by atoms with Gasteiger partial charge in [-0.1, -0.05) is 116 Å². The number of hydrogen-bond donors (Lipinski definition) is 0. The van der Waals surface area contributed by atoms with E-state index in [0.717, 1.165) is 6.42 Å². The summed E-state index contributed by atoms with van der Waals surface area (Å²) < 4.78 is 0. The van der Waals surface area contributed by atoms with E-state index in [9.17, 15) is 0 Å². The first-order valence-corrected chi connectivity index (χ1v) is 12.5. The zero-order chi connectivity index (χ0) is 22.8. The van der Waals surface area contributed by atoms with Gasteiger partial charge in [0.15, 0.2) is 0 Å². The molecule has 4 aromatic carbocycles. The average molecular weight is 540 g/mol. The molecule has 0 aromatic heterocycles. The number of hydrogen-bond acceptors (Lipinski definition) is 0. The minimum Gasteiger partial charge on any atom is -0.130 e. The molecule has 0 fully saturated rings. The summed E-state index contributed by atoms with van der Waals surface area (Å²) in [5, 5.41) is 0. The van der Waals surface area contributed by atoms with Crippen molar-refractivity contribution < 1.29 is 26.2 Å². The molecule has 2 heteroatoms. The van der Waals surface area contributed by atoms with Gasteiger partial charge in [-0.25, -0.2) is 0 Å². The van der Waals surface area contributed by atoms with Crippen LogP contribution < -0.4 is 0 Å². The van der Waals surface area contributed by atoms with Crippen molar-refractivity contribution in [3.05, 3.63) is 131 Å². The molecule has 4 aromatic rings. The van der Waals surface area contributed by atoms with Gasteiger partial charge in [0.05, 0.1) is 0 Å². The Morgan fingerprint density at radius 3 is 1.18 bits per heavy atom. The molecule has 0 nitrogen and oxygen atoms in total. The topological polar surface area (TPSA) is 0 Å². The second kappa shape index (κ2) is 11.0. The SMILES string of the molecule is CC/C=C/C(C1c2ccccc2-c2ccccc21)C1c2ccccc2-c2ccccc21.CCl.[Zr]. The number of allylic oxidation sites excluding steroid dienone is 2. The zero-order valence-electron chi connectivity index (χ0n) is 19.7. The van der Waals surface area contributed by atoms with E-state index in [4.69, 9.17) is 0 Å². The zero-order valence-corrected chi connectivity index (χ0v) is 22.9. The Kier molecular flexibility index (Phi) is 8.07. The summed E-state index contributed by atoms with van der Waals surface area (Å²) in [7, 11) is 0. The molecule has 0 N–H and O–H groups in total. The second-order valence-electron chi connectivity index (χ2n) is 8.72. The summed E-state index contributed by atoms with van der Waals surface area (Å²) in [5.74, 6) is 1.09. The predicted molar refractivity (Wildman–Crippen MR) is 142 cm³/mol. The van der Waals surface area contributed by atoms with E-state index in [1.54, 1.807) is 0 Å². The standard InChI is InChI=1S/C31H26.CH3Cl.Zr/c1-2-3-12-29(30-25-17-8-4-13-21(25)22-14-5-9-18-26(22)30)31-27-19-10-6-15-23(27)24-16-7-11-20-28(24)31;1-2;/h3-20,29-31H,2H2,1H3;1H3;/b12-3+;;. The number of benzene rings is 4. The summed E-state index contributed by atoms with van der Waals surface area (Å²) in [5.41, 5.74) is 11.5. The van der Waals surface area contributed by atoms with Gasteiger partial charge in [-0.3, -0.25) is 0 Å². The van der Waals surface area contributed by atoms with Crippen LogP contribution >= 0.6 is 11.6 Å². The summed E-state index contributed by atoms with van der Waals surface area (Å²) in [6.07, 6.45) is 7.41. The third-order valence-corrected chi connectivity index (χ3v) is 7.13. The van der Waals surface area contributed by atoms with Crippen LogP contribution in [0.1, 0.15) is 47.4 Å². The smallest absolute Gasteiger partial charge is 0.0173 e. The molecule has 0 amide bonds. The van der Waals surface area contributed by atoms with Crippen molar-refractivity contribution >= 4 is 11.6 Å². The minimum atomic E-state index is 0. The number of alkyl halides is 1. The van der Waals surface area contributed by atoms with Crippen molar-refractivity contribution in [3.8, 4) is 22.3 Å². The normalized spacial score (nSPS) is 13.5. The van der Waals surface area contributed by atoms with Crippen LogP contribution in [-0.2, 0) is 26.2 Å². The predicted octanol–water partition coefficient (Wildman–Crippen LogP) is 9.05. The quantitative estimate of drug-likeness (QED) is 0.179. The van der Waals surface area contributed by atoms with Gasteiger partial charge >= 0.3 is 0 Å². The molecule has 2 aliphatic carbocycles. The monoisotopic (exact) mass is 538 g/mol. The molecule has 0 heterocycles. The van der Waals surface area contributed by atoms with Crippen molar-refractivity contribution in [1.29, 1.82) is 0 Å². The van der Waals surface area contributed by atoms with E-state index in [2.05, 4.69) is 128 Å². The Morgan fingerprint density at radius 1 is 0.588 bits per heavy atom. The van der Waals surface area contributed by atoms with E-state index in [1.807, 2.05) is 0 Å². The molecule has 0 saturated heterocycles. The van der Waals surface area contributed by atoms with E-state index < -0.39 is 0 Å². The Balaban J connectivity index is 0.000000890. The van der Waals surface area contributed by atoms with Gasteiger partial charge in [0.2, 0.25) is 0 Å². The van der Waals surface area contributed by atoms with Crippen LogP contribution in [0, 0.1) is 5.92 Å². The fourth-order valence-electron chi connectivity index (χ4n) is 5.93. The fourth-order valence-corrected chi connectivity index (χ4v) is 5.93. The molecule has 0 aliphatic heterocycles. The van der Waals surface area contributed by atoms with Crippen molar-refractivity contribution in [1.82, 2.24) is 0 Å². The molecular formula is C32H29ClZr. The molecule has 168 valence electrons. The largest absolute Gasteiger partial charge is 0.130 e. The minimum absolute atomic E-state index is 0. The van der Waals surface area contributed by atoms with E-state index in [1.165, 1.54) is 50.9 Å². The van der Waals surface area contributed by atoms with Crippen LogP contribution in [0.4, 0.5) is 0 Å². The van der Waals surface area contributed by atoms with E-state index >= 15 is 0 Å². The third-order valence-electron chi connectivity index (χ3n) is 7.13. The van der Waals surface area contributed by atoms with Crippen LogP contribution in [0.3, 0.4) is 0 Å². The van der Waals surface area contributed by atoms with E-state index in [0.29, 0.717) is 17.8 Å². The summed E-state index contributed by atoms with van der Waals surface area (Å²) in [6.45, 7) is 2.24. The maximum Gasteiger partial charge on any atom is 0.0173 e. The maximum atomic E-state index is 4.64. The molecule has 0 radical (unpaired) electrons. The molecule has 0 spiro atoms. The van der Waals surface area contributed by atoms with Crippen molar-refractivity contribution in [2.24, 2.45) is 5.92 Å². The van der Waals surface area contributed by atoms with Gasteiger partial charge in [-0.2, -0.15) is 0 Å². The second-order valence-corrected chi connectivity index (χ2v) is 8.72. The first-order valence-electron chi connectivity index (χ1n) is 11.8. The van der Waals surface area contributed by atoms with Crippen molar-refractivity contribution in [2.45, 2.75) is 25.2 Å². The Hall–Kier alpha value is -2.21. The van der Waals surface area contributed by atoms with Crippen LogP contribution in [-0.4, -0.2) is 6.38 Å². The molecule has 0 unspecified atom stereocenters. The van der Waals surface area contributed by atoms with E-state index in [-0.39, 0.29) is 26.2 Å². The Labute approximate surface area is 227 Å². The molecule has 6 rings (SSSR count). The average Bonchev–Trinajstić information content (AvgIpc) is 3.40. The molecule has 2 aliphatic rings. The van der Waals surface area contributed by atoms with Crippen molar-refractivity contribution in [2.75, 3.05) is 6.38 Å². The molecule has 0 saturated carbocycles. The Morgan fingerprint density at radius 2 is 0.882 bits per heavy atom. The summed E-state index contributed by atoms with van der Waals surface area (Å²) >= 11 is 4.64. The molecule has 0 bridgehead atoms. The van der Waals surface area contributed by atoms with Gasteiger partial charge < -0.3 is 0 Å². The van der Waals surface area contributed by atoms with Crippen LogP contribution in [0.2, 0.25) is 0 Å². The maximum absolute atomic E-state index is 4.64. The van der Waals surface area contributed by atoms with Crippen LogP contribution in [0.25, 0.3) is 22.3 Å². The van der Waals surface area contributed by atoms with Crippen LogP contribution in [0.15, 0.2) is 109 Å². The van der Waals surface area contributed by atoms with Gasteiger partial charge in [0.1, 0.15) is 0 Å². The van der Waals surface area contributed by atoms with Gasteiger partial charge in [0.25, 0.3) is 0 Å². The number of rotatable bonds is 4. The fraction of sp³-hybridized carbons (Fsp3) is 0.188. The van der Waals surface area contributed by atoms with Gasteiger partial charge in [0, 0.05) is 44.4 Å². The van der Waals surface area contributed by atoms with Gasteiger partial charge in [-0.15, -0.1) is 11.6 Å².